The van der Waals surface area contributed by atoms with Gasteiger partial charge in [-0.05, 0) is 25.1 Å². The van der Waals surface area contributed by atoms with E-state index in [0.717, 1.165) is 29.1 Å². The molecular formula is C18H27N5O3S. The van der Waals surface area contributed by atoms with E-state index in [1.54, 1.807) is 0 Å². The summed E-state index contributed by atoms with van der Waals surface area (Å²) in [5.41, 5.74) is 2.65. The van der Waals surface area contributed by atoms with E-state index in [1.165, 1.54) is 10.6 Å². The number of aromatic nitrogens is 2. The lowest BCUT2D eigenvalue weighted by Crippen LogP contribution is -2.48. The molecule has 0 spiro atoms. The summed E-state index contributed by atoms with van der Waals surface area (Å²) < 4.78 is 27.0. The lowest BCUT2D eigenvalue weighted by atomic mass is 10.2. The number of rotatable bonds is 6. The Morgan fingerprint density at radius 1 is 1.19 bits per heavy atom. The van der Waals surface area contributed by atoms with Gasteiger partial charge in [-0.25, -0.2) is 13.4 Å². The number of nitrogens with zero attached hydrogens (tertiary/aromatic N) is 4. The molecule has 3 rings (SSSR count). The molecule has 1 amide bonds. The summed E-state index contributed by atoms with van der Waals surface area (Å²) in [6.45, 7) is 7.79. The van der Waals surface area contributed by atoms with Crippen LogP contribution in [-0.2, 0) is 27.9 Å². The molecule has 0 unspecified atom stereocenters. The van der Waals surface area contributed by atoms with Crippen LogP contribution < -0.4 is 5.32 Å². The van der Waals surface area contributed by atoms with Crippen LogP contribution in [0.3, 0.4) is 0 Å². The zero-order valence-electron chi connectivity index (χ0n) is 16.1. The van der Waals surface area contributed by atoms with Crippen LogP contribution in [0.1, 0.15) is 26.1 Å². The molecule has 1 aromatic heterocycles. The highest BCUT2D eigenvalue weighted by molar-refractivity contribution is 7.88. The lowest BCUT2D eigenvalue weighted by molar-refractivity contribution is -0.115. The number of benzene rings is 1. The number of aryl methyl sites for hydroxylation is 1. The average Bonchev–Trinajstić information content (AvgIpc) is 2.97. The van der Waals surface area contributed by atoms with Crippen molar-refractivity contribution in [1.29, 1.82) is 0 Å². The van der Waals surface area contributed by atoms with Gasteiger partial charge in [-0.15, -0.1) is 0 Å². The van der Waals surface area contributed by atoms with E-state index < -0.39 is 10.0 Å². The maximum absolute atomic E-state index is 11.7. The molecule has 148 valence electrons. The fourth-order valence-corrected chi connectivity index (χ4v) is 4.23. The molecule has 0 bridgehead atoms. The molecule has 1 aromatic carbocycles. The van der Waals surface area contributed by atoms with Crippen LogP contribution in [0, 0.1) is 0 Å². The van der Waals surface area contributed by atoms with Crippen LogP contribution in [0.2, 0.25) is 0 Å². The number of anilines is 1. The predicted molar refractivity (Wildman–Crippen MR) is 106 cm³/mol. The quantitative estimate of drug-likeness (QED) is 0.803. The summed E-state index contributed by atoms with van der Waals surface area (Å²) in [5.74, 6) is 0.938. The van der Waals surface area contributed by atoms with E-state index in [9.17, 15) is 13.2 Å². The number of nitrogens with one attached hydrogen (secondary N) is 1. The van der Waals surface area contributed by atoms with Crippen LogP contribution in [0.5, 0.6) is 0 Å². The van der Waals surface area contributed by atoms with Gasteiger partial charge in [0.15, 0.2) is 0 Å². The molecule has 9 heteroatoms. The Morgan fingerprint density at radius 3 is 2.48 bits per heavy atom. The van der Waals surface area contributed by atoms with Gasteiger partial charge in [0.2, 0.25) is 15.9 Å². The first-order valence-corrected chi connectivity index (χ1v) is 11.1. The molecule has 1 saturated heterocycles. The number of hydrogen-bond acceptors (Lipinski definition) is 5. The summed E-state index contributed by atoms with van der Waals surface area (Å²) in [6.07, 6.45) is 1.69. The SMILES string of the molecule is CCC(=O)Nc1ccc2c(c1)nc(CN1CCN(S(C)(=O)=O)CC1)n2CC. The molecule has 0 aliphatic carbocycles. The van der Waals surface area contributed by atoms with Crippen molar-refractivity contribution in [3.63, 3.8) is 0 Å². The van der Waals surface area contributed by atoms with E-state index in [4.69, 9.17) is 4.98 Å². The third-order valence-electron chi connectivity index (χ3n) is 4.91. The Kier molecular flexibility index (Phi) is 5.83. The first-order valence-electron chi connectivity index (χ1n) is 9.28. The molecule has 0 saturated carbocycles. The summed E-state index contributed by atoms with van der Waals surface area (Å²) >= 11 is 0. The monoisotopic (exact) mass is 393 g/mol. The molecule has 27 heavy (non-hydrogen) atoms. The van der Waals surface area contributed by atoms with Gasteiger partial charge in [0.05, 0.1) is 23.8 Å². The Morgan fingerprint density at radius 2 is 1.89 bits per heavy atom. The smallest absolute Gasteiger partial charge is 0.224 e. The molecule has 0 atom stereocenters. The third-order valence-corrected chi connectivity index (χ3v) is 6.22. The van der Waals surface area contributed by atoms with Crippen molar-refractivity contribution in [2.24, 2.45) is 0 Å². The van der Waals surface area contributed by atoms with Gasteiger partial charge in [-0.2, -0.15) is 4.31 Å². The summed E-state index contributed by atoms with van der Waals surface area (Å²) in [6, 6.07) is 5.79. The second kappa shape index (κ2) is 7.95. The van der Waals surface area contributed by atoms with Crippen LogP contribution >= 0.6 is 0 Å². The number of carbonyl (C=O) groups excluding carboxylic acids is 1. The fourth-order valence-electron chi connectivity index (χ4n) is 3.40. The van der Waals surface area contributed by atoms with Gasteiger partial charge in [-0.3, -0.25) is 9.69 Å². The van der Waals surface area contributed by atoms with Crippen molar-refractivity contribution in [1.82, 2.24) is 18.8 Å². The maximum atomic E-state index is 11.7. The molecule has 1 fully saturated rings. The molecule has 8 nitrogen and oxygen atoms in total. The molecule has 1 N–H and O–H groups in total. The minimum atomic E-state index is -3.12. The highest BCUT2D eigenvalue weighted by Gasteiger charge is 2.24. The second-order valence-corrected chi connectivity index (χ2v) is 8.80. The second-order valence-electron chi connectivity index (χ2n) is 6.82. The van der Waals surface area contributed by atoms with E-state index in [-0.39, 0.29) is 5.91 Å². The number of piperazine rings is 1. The number of sulfonamides is 1. The van der Waals surface area contributed by atoms with Gasteiger partial charge in [0, 0.05) is 44.8 Å². The first-order chi connectivity index (χ1) is 12.8. The van der Waals surface area contributed by atoms with Crippen molar-refractivity contribution in [3.05, 3.63) is 24.0 Å². The summed E-state index contributed by atoms with van der Waals surface area (Å²) in [7, 11) is -3.12. The highest BCUT2D eigenvalue weighted by atomic mass is 32.2. The molecule has 2 aromatic rings. The van der Waals surface area contributed by atoms with Crippen molar-refractivity contribution in [2.45, 2.75) is 33.4 Å². The average molecular weight is 394 g/mol. The minimum absolute atomic E-state index is 0.0201. The number of amides is 1. The van der Waals surface area contributed by atoms with E-state index in [2.05, 4.69) is 21.7 Å². The number of hydrogen-bond donors (Lipinski definition) is 1. The van der Waals surface area contributed by atoms with Gasteiger partial charge in [0.1, 0.15) is 5.82 Å². The van der Waals surface area contributed by atoms with Gasteiger partial charge < -0.3 is 9.88 Å². The van der Waals surface area contributed by atoms with Gasteiger partial charge >= 0.3 is 0 Å². The Bertz CT molecular complexity index is 930. The minimum Gasteiger partial charge on any atom is -0.327 e. The zero-order chi connectivity index (χ0) is 19.6. The largest absolute Gasteiger partial charge is 0.327 e. The van der Waals surface area contributed by atoms with Crippen LogP contribution in [0.4, 0.5) is 5.69 Å². The van der Waals surface area contributed by atoms with E-state index >= 15 is 0 Å². The number of imidazole rings is 1. The predicted octanol–water partition coefficient (Wildman–Crippen LogP) is 1.48. The number of fused-ring (bicyclic) bond motifs is 1. The van der Waals surface area contributed by atoms with Crippen molar-refractivity contribution in [2.75, 3.05) is 37.8 Å². The van der Waals surface area contributed by atoms with Gasteiger partial charge in [-0.1, -0.05) is 6.92 Å². The Balaban J connectivity index is 1.77. The molecular weight excluding hydrogens is 366 g/mol. The van der Waals surface area contributed by atoms with Crippen LogP contribution in [0.15, 0.2) is 18.2 Å². The van der Waals surface area contributed by atoms with E-state index in [0.29, 0.717) is 39.1 Å². The molecule has 2 heterocycles. The van der Waals surface area contributed by atoms with Crippen LogP contribution in [0.25, 0.3) is 11.0 Å². The fraction of sp³-hybridized carbons (Fsp3) is 0.556. The Labute approximate surface area is 160 Å². The Hall–Kier alpha value is -1.97. The number of carbonyl (C=O) groups is 1. The maximum Gasteiger partial charge on any atom is 0.224 e. The molecule has 0 radical (unpaired) electrons. The summed E-state index contributed by atoms with van der Waals surface area (Å²) in [4.78, 5) is 18.6. The third kappa shape index (κ3) is 4.48. The topological polar surface area (TPSA) is 87.5 Å². The van der Waals surface area contributed by atoms with E-state index in [1.807, 2.05) is 25.1 Å². The van der Waals surface area contributed by atoms with Crippen molar-refractivity contribution < 1.29 is 13.2 Å². The van der Waals surface area contributed by atoms with Crippen LogP contribution in [-0.4, -0.2) is 65.5 Å². The zero-order valence-corrected chi connectivity index (χ0v) is 16.9. The normalized spacial score (nSPS) is 16.7. The highest BCUT2D eigenvalue weighted by Crippen LogP contribution is 2.22. The van der Waals surface area contributed by atoms with Crippen molar-refractivity contribution >= 4 is 32.7 Å². The molecule has 1 aliphatic rings. The standard InChI is InChI=1S/C18H27N5O3S/c1-4-18(24)19-14-6-7-16-15(12-14)20-17(23(16)5-2)13-21-8-10-22(11-9-21)27(3,25)26/h6-7,12H,4-5,8-11,13H2,1-3H3,(H,19,24). The van der Waals surface area contributed by atoms with Gasteiger partial charge in [0.25, 0.3) is 0 Å². The lowest BCUT2D eigenvalue weighted by Gasteiger charge is -2.32. The molecule has 1 aliphatic heterocycles. The van der Waals surface area contributed by atoms with Crippen molar-refractivity contribution in [3.8, 4) is 0 Å². The first kappa shape index (κ1) is 19.8. The summed E-state index contributed by atoms with van der Waals surface area (Å²) in [5, 5.41) is 2.87.